The quantitative estimate of drug-likeness (QED) is 0.319. The Balaban J connectivity index is 2.15. The van der Waals surface area contributed by atoms with Crippen LogP contribution in [0.2, 0.25) is 0 Å². The third kappa shape index (κ3) is 5.33. The number of hydrogen-bond acceptors (Lipinski definition) is 3. The zero-order chi connectivity index (χ0) is 23.0. The Morgan fingerprint density at radius 2 is 1.16 bits per heavy atom. The smallest absolute Gasteiger partial charge is 0.298 e. The van der Waals surface area contributed by atoms with Crippen LogP contribution >= 0.6 is 7.60 Å². The van der Waals surface area contributed by atoms with Gasteiger partial charge in [0.1, 0.15) is 5.66 Å². The summed E-state index contributed by atoms with van der Waals surface area (Å²) in [4.78, 5) is 0. The largest absolute Gasteiger partial charge is 0.412 e. The van der Waals surface area contributed by atoms with E-state index in [2.05, 4.69) is 9.05 Å². The lowest BCUT2D eigenvalue weighted by atomic mass is 10.00. The van der Waals surface area contributed by atoms with E-state index in [1.807, 2.05) is 26.0 Å². The van der Waals surface area contributed by atoms with Gasteiger partial charge in [-0.25, -0.2) is 0 Å². The molecule has 2 aromatic rings. The minimum Gasteiger partial charge on any atom is -0.298 e. The summed E-state index contributed by atoms with van der Waals surface area (Å²) >= 11 is 0. The van der Waals surface area contributed by atoms with Crippen molar-refractivity contribution < 1.29 is 40.0 Å². The number of fused-ring (bicyclic) bond motifs is 3. The van der Waals surface area contributed by atoms with Crippen molar-refractivity contribution in [1.29, 1.82) is 0 Å². The number of halogens is 6. The molecule has 3 rings (SSSR count). The summed E-state index contributed by atoms with van der Waals surface area (Å²) in [5, 5.41) is 0. The van der Waals surface area contributed by atoms with Gasteiger partial charge in [-0.2, -0.15) is 26.3 Å². The predicted molar refractivity (Wildman–Crippen MR) is 104 cm³/mol. The molecule has 1 aliphatic rings. The van der Waals surface area contributed by atoms with Crippen LogP contribution in [0.15, 0.2) is 36.4 Å². The van der Waals surface area contributed by atoms with E-state index in [0.717, 1.165) is 11.1 Å². The molecule has 0 N–H and O–H groups in total. The van der Waals surface area contributed by atoms with Crippen molar-refractivity contribution in [1.82, 2.24) is 0 Å². The number of benzene rings is 2. The van der Waals surface area contributed by atoms with Crippen LogP contribution in [0.4, 0.5) is 26.3 Å². The van der Waals surface area contributed by atoms with Gasteiger partial charge in [0, 0.05) is 0 Å². The van der Waals surface area contributed by atoms with Crippen molar-refractivity contribution in [2.75, 3.05) is 13.2 Å². The van der Waals surface area contributed by atoms with Crippen molar-refractivity contribution in [2.24, 2.45) is 0 Å². The number of alkyl halides is 6. The van der Waals surface area contributed by atoms with E-state index in [4.69, 9.17) is 0 Å². The Bertz CT molecular complexity index is 924. The van der Waals surface area contributed by atoms with Crippen LogP contribution in [0.1, 0.15) is 41.8 Å². The molecule has 0 fully saturated rings. The molecule has 0 aromatic heterocycles. The Hall–Kier alpha value is -1.83. The fourth-order valence-corrected chi connectivity index (χ4v) is 5.77. The van der Waals surface area contributed by atoms with E-state index < -0.39 is 38.8 Å². The molecule has 0 spiro atoms. The lowest BCUT2D eigenvalue weighted by Gasteiger charge is -2.26. The molecule has 31 heavy (non-hydrogen) atoms. The van der Waals surface area contributed by atoms with Crippen LogP contribution < -0.4 is 0 Å². The summed E-state index contributed by atoms with van der Waals surface area (Å²) in [5.41, 5.74) is 2.34. The van der Waals surface area contributed by atoms with Gasteiger partial charge in [0.25, 0.3) is 0 Å². The van der Waals surface area contributed by atoms with Crippen LogP contribution in [0.5, 0.6) is 0 Å². The zero-order valence-corrected chi connectivity index (χ0v) is 17.7. The summed E-state index contributed by atoms with van der Waals surface area (Å²) in [5.74, 6) is 0. The molecule has 1 aliphatic carbocycles. The first-order chi connectivity index (χ1) is 14.4. The molecule has 0 radical (unpaired) electrons. The van der Waals surface area contributed by atoms with Crippen LogP contribution in [0.25, 0.3) is 11.1 Å². The molecule has 0 aliphatic heterocycles. The molecule has 0 bridgehead atoms. The first kappa shape index (κ1) is 23.8. The van der Waals surface area contributed by atoms with Crippen molar-refractivity contribution >= 4 is 7.60 Å². The molecule has 0 amide bonds. The van der Waals surface area contributed by atoms with E-state index in [-0.39, 0.29) is 0 Å². The summed E-state index contributed by atoms with van der Waals surface area (Å²) < 4.78 is 99.6. The standard InChI is InChI=1S/C21H21F6O3P/c1-3-13-5-7-15-17(9-13)18-10-14(4-2)6-8-16(18)19(15)31(28,29-11-20(22,23)24)30-12-21(25,26)27/h5-10,19H,3-4,11-12H2,1-2H3. The lowest BCUT2D eigenvalue weighted by molar-refractivity contribution is -0.165. The maximum absolute atomic E-state index is 13.5. The van der Waals surface area contributed by atoms with Gasteiger partial charge in [0.15, 0.2) is 13.2 Å². The van der Waals surface area contributed by atoms with Gasteiger partial charge in [0.05, 0.1) is 0 Å². The van der Waals surface area contributed by atoms with Gasteiger partial charge < -0.3 is 0 Å². The molecular weight excluding hydrogens is 445 g/mol. The highest BCUT2D eigenvalue weighted by Gasteiger charge is 2.48. The highest BCUT2D eigenvalue weighted by Crippen LogP contribution is 2.69. The average Bonchev–Trinajstić information content (AvgIpc) is 3.03. The van der Waals surface area contributed by atoms with Gasteiger partial charge in [0.2, 0.25) is 0 Å². The Kier molecular flexibility index (Phi) is 6.61. The van der Waals surface area contributed by atoms with E-state index in [1.165, 1.54) is 0 Å². The van der Waals surface area contributed by atoms with Gasteiger partial charge in [-0.3, -0.25) is 13.6 Å². The van der Waals surface area contributed by atoms with E-state index in [9.17, 15) is 30.9 Å². The van der Waals surface area contributed by atoms with E-state index in [1.54, 1.807) is 24.3 Å². The van der Waals surface area contributed by atoms with Gasteiger partial charge >= 0.3 is 19.9 Å². The molecule has 170 valence electrons. The summed E-state index contributed by atoms with van der Waals surface area (Å²) in [6, 6.07) is 10.2. The summed E-state index contributed by atoms with van der Waals surface area (Å²) in [6.45, 7) is -0.130. The molecular formula is C21H21F6O3P. The second-order valence-electron chi connectivity index (χ2n) is 7.27. The van der Waals surface area contributed by atoms with Crippen molar-refractivity contribution in [3.8, 4) is 11.1 Å². The molecule has 0 atom stereocenters. The summed E-state index contributed by atoms with van der Waals surface area (Å²) in [7, 11) is -4.91. The van der Waals surface area contributed by atoms with E-state index >= 15 is 0 Å². The Morgan fingerprint density at radius 3 is 1.48 bits per heavy atom. The average molecular weight is 466 g/mol. The highest BCUT2D eigenvalue weighted by molar-refractivity contribution is 7.54. The van der Waals surface area contributed by atoms with Crippen molar-refractivity contribution in [2.45, 2.75) is 44.7 Å². The highest BCUT2D eigenvalue weighted by atomic mass is 31.2. The third-order valence-corrected chi connectivity index (χ3v) is 7.23. The fourth-order valence-electron chi connectivity index (χ4n) is 3.61. The molecule has 0 heterocycles. The Labute approximate surface area is 175 Å². The monoisotopic (exact) mass is 466 g/mol. The SMILES string of the molecule is CCc1ccc2c(c1)-c1cc(CC)ccc1C2P(=O)(OCC(F)(F)F)OCC(F)(F)F. The van der Waals surface area contributed by atoms with Crippen LogP contribution in [-0.4, -0.2) is 25.6 Å². The van der Waals surface area contributed by atoms with Gasteiger partial charge in [-0.1, -0.05) is 50.2 Å². The molecule has 10 heteroatoms. The van der Waals surface area contributed by atoms with E-state index in [0.29, 0.717) is 35.1 Å². The number of rotatable bonds is 7. The molecule has 0 saturated heterocycles. The first-order valence-electron chi connectivity index (χ1n) is 9.65. The second-order valence-corrected chi connectivity index (χ2v) is 9.38. The Morgan fingerprint density at radius 1 is 0.774 bits per heavy atom. The van der Waals surface area contributed by atoms with Crippen molar-refractivity contribution in [3.63, 3.8) is 0 Å². The third-order valence-electron chi connectivity index (χ3n) is 5.06. The minimum absolute atomic E-state index is 0.327. The molecule has 3 nitrogen and oxygen atoms in total. The maximum atomic E-state index is 13.5. The first-order valence-corrected chi connectivity index (χ1v) is 11.3. The normalized spacial score (nSPS) is 14.6. The van der Waals surface area contributed by atoms with Crippen molar-refractivity contribution in [3.05, 3.63) is 58.7 Å². The molecule has 0 saturated carbocycles. The van der Waals surface area contributed by atoms with Gasteiger partial charge in [-0.05, 0) is 46.2 Å². The number of hydrogen-bond donors (Lipinski definition) is 0. The number of aryl methyl sites for hydroxylation is 2. The summed E-state index contributed by atoms with van der Waals surface area (Å²) in [6.07, 6.45) is -8.43. The lowest BCUT2D eigenvalue weighted by Crippen LogP contribution is -2.21. The zero-order valence-electron chi connectivity index (χ0n) is 16.8. The van der Waals surface area contributed by atoms with Crippen LogP contribution in [0, 0.1) is 0 Å². The van der Waals surface area contributed by atoms with Crippen LogP contribution in [0.3, 0.4) is 0 Å². The van der Waals surface area contributed by atoms with Gasteiger partial charge in [-0.15, -0.1) is 0 Å². The predicted octanol–water partition coefficient (Wildman–Crippen LogP) is 7.23. The molecule has 0 unspecified atom stereocenters. The topological polar surface area (TPSA) is 35.5 Å². The molecule has 2 aromatic carbocycles. The fraction of sp³-hybridized carbons (Fsp3) is 0.429. The van der Waals surface area contributed by atoms with Crippen LogP contribution in [-0.2, 0) is 26.5 Å². The maximum Gasteiger partial charge on any atom is 0.412 e. The minimum atomic E-state index is -4.91. The second kappa shape index (κ2) is 8.60.